The molecule has 6 heteroatoms. The minimum atomic E-state index is -0.348. The van der Waals surface area contributed by atoms with E-state index in [4.69, 9.17) is 4.74 Å². The van der Waals surface area contributed by atoms with Gasteiger partial charge in [-0.25, -0.2) is 9.78 Å². The topological polar surface area (TPSA) is 61.2 Å². The maximum Gasteiger partial charge on any atom is 0.338 e. The van der Waals surface area contributed by atoms with Crippen LogP contribution in [-0.2, 0) is 11.3 Å². The predicted molar refractivity (Wildman–Crippen MR) is 125 cm³/mol. The molecule has 2 aromatic carbocycles. The molecule has 4 rings (SSSR count). The number of benzene rings is 2. The van der Waals surface area contributed by atoms with Crippen molar-refractivity contribution in [3.05, 3.63) is 86.8 Å². The molecule has 0 fully saturated rings. The van der Waals surface area contributed by atoms with Crippen LogP contribution in [-0.4, -0.2) is 22.1 Å². The number of aryl methyl sites for hydroxylation is 2. The molecule has 0 spiro atoms. The van der Waals surface area contributed by atoms with Crippen LogP contribution in [0.3, 0.4) is 0 Å². The third-order valence-corrected chi connectivity index (χ3v) is 6.07. The summed E-state index contributed by atoms with van der Waals surface area (Å²) in [6.45, 7) is 6.80. The Morgan fingerprint density at radius 3 is 2.74 bits per heavy atom. The number of aromatic nitrogens is 2. The first kappa shape index (κ1) is 21.0. The van der Waals surface area contributed by atoms with Gasteiger partial charge in [-0.3, -0.25) is 9.36 Å². The normalized spacial score (nSPS) is 11.1. The third kappa shape index (κ3) is 4.30. The van der Waals surface area contributed by atoms with Crippen LogP contribution in [0.5, 0.6) is 0 Å². The molecule has 2 heterocycles. The summed E-state index contributed by atoms with van der Waals surface area (Å²) in [6, 6.07) is 13.4. The fourth-order valence-electron chi connectivity index (χ4n) is 3.67. The van der Waals surface area contributed by atoms with Crippen LogP contribution in [0.2, 0.25) is 0 Å². The molecule has 0 bridgehead atoms. The smallest absolute Gasteiger partial charge is 0.338 e. The molecule has 31 heavy (non-hydrogen) atoms. The zero-order chi connectivity index (χ0) is 22.0. The van der Waals surface area contributed by atoms with Crippen molar-refractivity contribution in [1.82, 2.24) is 9.55 Å². The second-order valence-electron chi connectivity index (χ2n) is 7.66. The number of ether oxygens (including phenoxy) is 1. The number of rotatable bonds is 6. The third-order valence-electron chi connectivity index (χ3n) is 5.19. The summed E-state index contributed by atoms with van der Waals surface area (Å²) in [7, 11) is 0. The summed E-state index contributed by atoms with van der Waals surface area (Å²) >= 11 is 1.48. The summed E-state index contributed by atoms with van der Waals surface area (Å²) < 4.78 is 6.82. The standard InChI is InChI=1S/C25H24N2O3S/c1-4-10-30-25(29)19-7-5-6-18(12-19)13-27-15-26-23-22(24(27)28)21(14-31-23)20-9-8-16(2)11-17(20)3/h5-9,11-12,14-15H,4,10,13H2,1-3H3. The second kappa shape index (κ2) is 8.86. The number of esters is 1. The number of fused-ring (bicyclic) bond motifs is 1. The lowest BCUT2D eigenvalue weighted by Crippen LogP contribution is -2.21. The Morgan fingerprint density at radius 2 is 1.97 bits per heavy atom. The number of hydrogen-bond acceptors (Lipinski definition) is 5. The van der Waals surface area contributed by atoms with Crippen LogP contribution in [0, 0.1) is 13.8 Å². The SMILES string of the molecule is CCCOC(=O)c1cccc(Cn2cnc3scc(-c4ccc(C)cc4C)c3c2=O)c1. The van der Waals surface area contributed by atoms with Gasteiger partial charge >= 0.3 is 5.97 Å². The summed E-state index contributed by atoms with van der Waals surface area (Å²) in [5, 5.41) is 2.64. The van der Waals surface area contributed by atoms with Crippen molar-refractivity contribution in [3.63, 3.8) is 0 Å². The van der Waals surface area contributed by atoms with E-state index in [1.165, 1.54) is 16.9 Å². The monoisotopic (exact) mass is 432 g/mol. The average Bonchev–Trinajstić information content (AvgIpc) is 3.19. The van der Waals surface area contributed by atoms with Gasteiger partial charge in [-0.2, -0.15) is 0 Å². The Labute approximate surface area is 185 Å². The fourth-order valence-corrected chi connectivity index (χ4v) is 4.56. The molecule has 0 unspecified atom stereocenters. The number of carbonyl (C=O) groups is 1. The number of hydrogen-bond donors (Lipinski definition) is 0. The first-order valence-electron chi connectivity index (χ1n) is 10.3. The lowest BCUT2D eigenvalue weighted by Gasteiger charge is -2.09. The molecule has 158 valence electrons. The molecular weight excluding hydrogens is 408 g/mol. The largest absolute Gasteiger partial charge is 0.462 e. The minimum absolute atomic E-state index is 0.0832. The lowest BCUT2D eigenvalue weighted by atomic mass is 9.99. The Kier molecular flexibility index (Phi) is 6.00. The van der Waals surface area contributed by atoms with Crippen molar-refractivity contribution in [1.29, 1.82) is 0 Å². The number of nitrogens with zero attached hydrogens (tertiary/aromatic N) is 2. The Hall–Kier alpha value is -3.25. The Morgan fingerprint density at radius 1 is 1.13 bits per heavy atom. The van der Waals surface area contributed by atoms with Gasteiger partial charge in [0.2, 0.25) is 0 Å². The zero-order valence-electron chi connectivity index (χ0n) is 17.8. The molecule has 5 nitrogen and oxygen atoms in total. The van der Waals surface area contributed by atoms with E-state index in [0.717, 1.165) is 33.5 Å². The maximum atomic E-state index is 13.4. The second-order valence-corrected chi connectivity index (χ2v) is 8.52. The van der Waals surface area contributed by atoms with Crippen molar-refractivity contribution < 1.29 is 9.53 Å². The van der Waals surface area contributed by atoms with Gasteiger partial charge in [0.05, 0.1) is 30.4 Å². The highest BCUT2D eigenvalue weighted by molar-refractivity contribution is 7.17. The van der Waals surface area contributed by atoms with Crippen LogP contribution in [0.4, 0.5) is 0 Å². The van der Waals surface area contributed by atoms with Crippen molar-refractivity contribution >= 4 is 27.5 Å². The zero-order valence-corrected chi connectivity index (χ0v) is 18.7. The van der Waals surface area contributed by atoms with Crippen molar-refractivity contribution in [2.75, 3.05) is 6.61 Å². The maximum absolute atomic E-state index is 13.4. The van der Waals surface area contributed by atoms with Crippen LogP contribution in [0.15, 0.2) is 59.0 Å². The van der Waals surface area contributed by atoms with Gasteiger partial charge in [0, 0.05) is 10.9 Å². The van der Waals surface area contributed by atoms with E-state index in [9.17, 15) is 9.59 Å². The van der Waals surface area contributed by atoms with Crippen molar-refractivity contribution in [2.24, 2.45) is 0 Å². The molecule has 0 aliphatic carbocycles. The molecule has 4 aromatic rings. The van der Waals surface area contributed by atoms with Gasteiger partial charge in [-0.05, 0) is 49.1 Å². The van der Waals surface area contributed by atoms with Gasteiger partial charge in [0.15, 0.2) is 0 Å². The van der Waals surface area contributed by atoms with Crippen LogP contribution < -0.4 is 5.56 Å². The highest BCUT2D eigenvalue weighted by Crippen LogP contribution is 2.33. The van der Waals surface area contributed by atoms with Crippen LogP contribution in [0.1, 0.15) is 40.4 Å². The Balaban J connectivity index is 1.71. The van der Waals surface area contributed by atoms with Crippen LogP contribution in [0.25, 0.3) is 21.3 Å². The minimum Gasteiger partial charge on any atom is -0.462 e. The van der Waals surface area contributed by atoms with Gasteiger partial charge in [-0.15, -0.1) is 11.3 Å². The summed E-state index contributed by atoms with van der Waals surface area (Å²) in [4.78, 5) is 30.8. The van der Waals surface area contributed by atoms with E-state index < -0.39 is 0 Å². The number of thiophene rings is 1. The van der Waals surface area contributed by atoms with E-state index >= 15 is 0 Å². The van der Waals surface area contributed by atoms with Gasteiger partial charge < -0.3 is 4.74 Å². The molecular formula is C25H24N2O3S. The molecule has 0 saturated carbocycles. The van der Waals surface area contributed by atoms with E-state index in [-0.39, 0.29) is 11.5 Å². The molecule has 0 aliphatic heterocycles. The molecule has 0 saturated heterocycles. The van der Waals surface area contributed by atoms with Gasteiger partial charge in [0.1, 0.15) is 4.83 Å². The summed E-state index contributed by atoms with van der Waals surface area (Å²) in [6.07, 6.45) is 2.35. The van der Waals surface area contributed by atoms with E-state index in [0.29, 0.717) is 24.1 Å². The Bertz CT molecular complexity index is 1320. The van der Waals surface area contributed by atoms with Gasteiger partial charge in [0.25, 0.3) is 5.56 Å². The number of carbonyl (C=O) groups excluding carboxylic acids is 1. The first-order chi connectivity index (χ1) is 15.0. The van der Waals surface area contributed by atoms with E-state index in [1.807, 2.05) is 18.4 Å². The van der Waals surface area contributed by atoms with Crippen molar-refractivity contribution in [3.8, 4) is 11.1 Å². The highest BCUT2D eigenvalue weighted by Gasteiger charge is 2.15. The fraction of sp³-hybridized carbons (Fsp3) is 0.240. The van der Waals surface area contributed by atoms with E-state index in [2.05, 4.69) is 37.0 Å². The quantitative estimate of drug-likeness (QED) is 0.385. The molecule has 0 aliphatic rings. The highest BCUT2D eigenvalue weighted by atomic mass is 32.1. The lowest BCUT2D eigenvalue weighted by molar-refractivity contribution is 0.0505. The van der Waals surface area contributed by atoms with Crippen molar-refractivity contribution in [2.45, 2.75) is 33.7 Å². The van der Waals surface area contributed by atoms with E-state index in [1.54, 1.807) is 29.1 Å². The summed E-state index contributed by atoms with van der Waals surface area (Å²) in [5.41, 5.74) is 5.54. The first-order valence-corrected chi connectivity index (χ1v) is 11.2. The molecule has 0 amide bonds. The van der Waals surface area contributed by atoms with Gasteiger partial charge in [-0.1, -0.05) is 42.8 Å². The predicted octanol–water partition coefficient (Wildman–Crippen LogP) is 5.36. The molecule has 2 aromatic heterocycles. The molecule has 0 N–H and O–H groups in total. The molecule has 0 atom stereocenters. The average molecular weight is 433 g/mol. The van der Waals surface area contributed by atoms with Crippen LogP contribution >= 0.6 is 11.3 Å². The molecule has 0 radical (unpaired) electrons. The summed E-state index contributed by atoms with van der Waals surface area (Å²) in [5.74, 6) is -0.348.